The summed E-state index contributed by atoms with van der Waals surface area (Å²) < 4.78 is 4.98. The van der Waals surface area contributed by atoms with Gasteiger partial charge in [0.1, 0.15) is 0 Å². The fourth-order valence-corrected chi connectivity index (χ4v) is 1.80. The Labute approximate surface area is 122 Å². The molecule has 1 heterocycles. The van der Waals surface area contributed by atoms with E-state index < -0.39 is 0 Å². The highest BCUT2D eigenvalue weighted by Gasteiger charge is 2.08. The summed E-state index contributed by atoms with van der Waals surface area (Å²) in [5.74, 6) is 0.0456. The van der Waals surface area contributed by atoms with Gasteiger partial charge >= 0.3 is 5.97 Å². The van der Waals surface area contributed by atoms with E-state index in [9.17, 15) is 4.79 Å². The van der Waals surface area contributed by atoms with Gasteiger partial charge in [-0.25, -0.2) is 9.78 Å². The fourth-order valence-electron chi connectivity index (χ4n) is 1.80. The topological polar surface area (TPSA) is 104 Å². The van der Waals surface area contributed by atoms with Crippen LogP contribution in [0.1, 0.15) is 17.3 Å². The predicted octanol–water partition coefficient (Wildman–Crippen LogP) is 1.83. The van der Waals surface area contributed by atoms with Gasteiger partial charge in [0.25, 0.3) is 0 Å². The molecule has 0 aliphatic rings. The number of carbonyl (C=O) groups is 1. The molecule has 6 nitrogen and oxygen atoms in total. The normalized spacial score (nSPS) is 9.95. The van der Waals surface area contributed by atoms with Crippen LogP contribution in [0, 0.1) is 0 Å². The number of guanidine groups is 1. The molecule has 0 spiro atoms. The van der Waals surface area contributed by atoms with Gasteiger partial charge in [0, 0.05) is 11.8 Å². The van der Waals surface area contributed by atoms with Crippen LogP contribution in [0.4, 0.5) is 5.82 Å². The highest BCUT2D eigenvalue weighted by Crippen LogP contribution is 2.21. The van der Waals surface area contributed by atoms with Crippen LogP contribution in [-0.2, 0) is 4.74 Å². The molecule has 2 aromatic rings. The smallest absolute Gasteiger partial charge is 0.338 e. The van der Waals surface area contributed by atoms with Crippen LogP contribution in [0.2, 0.25) is 0 Å². The van der Waals surface area contributed by atoms with Crippen LogP contribution in [0.15, 0.2) is 47.6 Å². The Hall–Kier alpha value is -2.89. The SMILES string of the molecule is CCOC(=O)c1cccc(-c2ccc(N=C(N)N)nc2)c1. The van der Waals surface area contributed by atoms with Crippen molar-refractivity contribution in [1.29, 1.82) is 0 Å². The molecule has 0 fully saturated rings. The van der Waals surface area contributed by atoms with Crippen molar-refractivity contribution in [2.45, 2.75) is 6.92 Å². The number of hydrogen-bond acceptors (Lipinski definition) is 4. The summed E-state index contributed by atoms with van der Waals surface area (Å²) in [6.45, 7) is 2.12. The van der Waals surface area contributed by atoms with E-state index in [4.69, 9.17) is 16.2 Å². The minimum atomic E-state index is -0.343. The Bertz CT molecular complexity index is 662. The minimum absolute atomic E-state index is 0.0421. The first kappa shape index (κ1) is 14.5. The third-order valence-corrected chi connectivity index (χ3v) is 2.70. The summed E-state index contributed by atoms with van der Waals surface area (Å²) in [5, 5.41) is 0. The maximum absolute atomic E-state index is 11.7. The Kier molecular flexibility index (Phi) is 4.50. The molecule has 0 bridgehead atoms. The lowest BCUT2D eigenvalue weighted by molar-refractivity contribution is 0.0526. The number of ether oxygens (including phenoxy) is 1. The van der Waals surface area contributed by atoms with Crippen LogP contribution in [0.3, 0.4) is 0 Å². The van der Waals surface area contributed by atoms with Gasteiger partial charge < -0.3 is 16.2 Å². The van der Waals surface area contributed by atoms with Crippen LogP contribution < -0.4 is 11.5 Å². The first-order valence-electron chi connectivity index (χ1n) is 6.43. The second-order valence-electron chi connectivity index (χ2n) is 4.24. The summed E-state index contributed by atoms with van der Waals surface area (Å²) >= 11 is 0. The van der Waals surface area contributed by atoms with E-state index in [1.165, 1.54) is 0 Å². The van der Waals surface area contributed by atoms with Gasteiger partial charge in [-0.3, -0.25) is 0 Å². The summed E-state index contributed by atoms with van der Waals surface area (Å²) in [7, 11) is 0. The zero-order chi connectivity index (χ0) is 15.2. The van der Waals surface area contributed by atoms with E-state index in [-0.39, 0.29) is 11.9 Å². The Morgan fingerprint density at radius 3 is 2.67 bits per heavy atom. The highest BCUT2D eigenvalue weighted by molar-refractivity contribution is 5.91. The molecule has 6 heteroatoms. The van der Waals surface area contributed by atoms with Gasteiger partial charge in [-0.05, 0) is 36.8 Å². The van der Waals surface area contributed by atoms with Gasteiger partial charge in [0.05, 0.1) is 12.2 Å². The van der Waals surface area contributed by atoms with E-state index >= 15 is 0 Å². The number of esters is 1. The van der Waals surface area contributed by atoms with E-state index in [2.05, 4.69) is 9.98 Å². The molecule has 4 N–H and O–H groups in total. The van der Waals surface area contributed by atoms with Gasteiger partial charge in [0.2, 0.25) is 0 Å². The molecule has 0 aliphatic heterocycles. The average molecular weight is 284 g/mol. The van der Waals surface area contributed by atoms with E-state index in [0.29, 0.717) is 18.0 Å². The number of aromatic nitrogens is 1. The molecular formula is C15H16N4O2. The zero-order valence-electron chi connectivity index (χ0n) is 11.6. The summed E-state index contributed by atoms with van der Waals surface area (Å²) in [6, 6.07) is 10.7. The lowest BCUT2D eigenvalue weighted by Crippen LogP contribution is -2.22. The number of hydrogen-bond donors (Lipinski definition) is 2. The summed E-state index contributed by atoms with van der Waals surface area (Å²) in [4.78, 5) is 19.7. The molecule has 1 aromatic heterocycles. The number of rotatable bonds is 4. The summed E-state index contributed by atoms with van der Waals surface area (Å²) in [5.41, 5.74) is 12.8. The van der Waals surface area contributed by atoms with Crippen molar-refractivity contribution in [3.8, 4) is 11.1 Å². The molecule has 0 radical (unpaired) electrons. The zero-order valence-corrected chi connectivity index (χ0v) is 11.6. The molecule has 0 aliphatic carbocycles. The Balaban J connectivity index is 2.28. The second kappa shape index (κ2) is 6.51. The second-order valence-corrected chi connectivity index (χ2v) is 4.24. The quantitative estimate of drug-likeness (QED) is 0.506. The van der Waals surface area contributed by atoms with Gasteiger partial charge in [-0.2, -0.15) is 4.99 Å². The maximum Gasteiger partial charge on any atom is 0.338 e. The largest absolute Gasteiger partial charge is 0.462 e. The number of benzene rings is 1. The van der Waals surface area contributed by atoms with Crippen molar-refractivity contribution in [3.63, 3.8) is 0 Å². The number of nitrogens with two attached hydrogens (primary N) is 2. The molecule has 0 saturated carbocycles. The van der Waals surface area contributed by atoms with Crippen molar-refractivity contribution in [2.24, 2.45) is 16.5 Å². The predicted molar refractivity (Wildman–Crippen MR) is 81.1 cm³/mol. The van der Waals surface area contributed by atoms with Crippen molar-refractivity contribution in [3.05, 3.63) is 48.2 Å². The van der Waals surface area contributed by atoms with Crippen LogP contribution in [0.25, 0.3) is 11.1 Å². The Morgan fingerprint density at radius 2 is 2.05 bits per heavy atom. The number of pyridine rings is 1. The van der Waals surface area contributed by atoms with Crippen LogP contribution in [-0.4, -0.2) is 23.5 Å². The number of aliphatic imine (C=N–C) groups is 1. The van der Waals surface area contributed by atoms with Crippen molar-refractivity contribution in [2.75, 3.05) is 6.61 Å². The molecule has 21 heavy (non-hydrogen) atoms. The third-order valence-electron chi connectivity index (χ3n) is 2.70. The molecule has 0 saturated heterocycles. The Morgan fingerprint density at radius 1 is 1.24 bits per heavy atom. The maximum atomic E-state index is 11.7. The average Bonchev–Trinajstić information content (AvgIpc) is 2.48. The van der Waals surface area contributed by atoms with Crippen LogP contribution >= 0.6 is 0 Å². The molecule has 0 amide bonds. The first-order chi connectivity index (χ1) is 10.1. The highest BCUT2D eigenvalue weighted by atomic mass is 16.5. The monoisotopic (exact) mass is 284 g/mol. The van der Waals surface area contributed by atoms with Crippen LogP contribution in [0.5, 0.6) is 0 Å². The van der Waals surface area contributed by atoms with Gasteiger partial charge in [-0.1, -0.05) is 12.1 Å². The van der Waals surface area contributed by atoms with Crippen molar-refractivity contribution < 1.29 is 9.53 Å². The number of nitrogens with zero attached hydrogens (tertiary/aromatic N) is 2. The van der Waals surface area contributed by atoms with E-state index in [1.54, 1.807) is 37.4 Å². The van der Waals surface area contributed by atoms with Gasteiger partial charge in [-0.15, -0.1) is 0 Å². The number of carbonyl (C=O) groups excluding carboxylic acids is 1. The van der Waals surface area contributed by atoms with Crippen molar-refractivity contribution >= 4 is 17.7 Å². The molecule has 1 aromatic carbocycles. The molecule has 108 valence electrons. The standard InChI is InChI=1S/C15H16N4O2/c1-2-21-14(20)11-5-3-4-10(8-11)12-6-7-13(18-9-12)19-15(16)17/h3-9H,2H2,1H3,(H4,16,17,18,19). The van der Waals surface area contributed by atoms with E-state index in [0.717, 1.165) is 11.1 Å². The minimum Gasteiger partial charge on any atom is -0.462 e. The van der Waals surface area contributed by atoms with Gasteiger partial charge in [0.15, 0.2) is 11.8 Å². The molecule has 0 unspecified atom stereocenters. The first-order valence-corrected chi connectivity index (χ1v) is 6.43. The van der Waals surface area contributed by atoms with Crippen molar-refractivity contribution in [1.82, 2.24) is 4.98 Å². The van der Waals surface area contributed by atoms with E-state index in [1.807, 2.05) is 12.1 Å². The molecular weight excluding hydrogens is 268 g/mol. The lowest BCUT2D eigenvalue weighted by atomic mass is 10.0. The lowest BCUT2D eigenvalue weighted by Gasteiger charge is -2.05. The fraction of sp³-hybridized carbons (Fsp3) is 0.133. The molecule has 0 atom stereocenters. The summed E-state index contributed by atoms with van der Waals surface area (Å²) in [6.07, 6.45) is 1.64. The molecule has 2 rings (SSSR count). The third kappa shape index (κ3) is 3.79.